The summed E-state index contributed by atoms with van der Waals surface area (Å²) in [6, 6.07) is 0. The Morgan fingerprint density at radius 3 is 2.83 bits per heavy atom. The molecule has 3 atom stereocenters. The highest BCUT2D eigenvalue weighted by Gasteiger charge is 2.33. The van der Waals surface area contributed by atoms with Crippen molar-refractivity contribution in [3.63, 3.8) is 0 Å². The Balaban J connectivity index is 1.99. The summed E-state index contributed by atoms with van der Waals surface area (Å²) < 4.78 is 0. The van der Waals surface area contributed by atoms with Crippen LogP contribution in [-0.2, 0) is 0 Å². The molecule has 1 saturated heterocycles. The molecule has 0 bridgehead atoms. The van der Waals surface area contributed by atoms with Crippen LogP contribution in [0.5, 0.6) is 0 Å². The maximum absolute atomic E-state index is 2.38. The van der Waals surface area contributed by atoms with Crippen LogP contribution in [0.25, 0.3) is 0 Å². The van der Waals surface area contributed by atoms with Crippen molar-refractivity contribution in [2.24, 2.45) is 11.8 Å². The van der Waals surface area contributed by atoms with Gasteiger partial charge in [0.2, 0.25) is 0 Å². The predicted octanol–water partition coefficient (Wildman–Crippen LogP) is 3.71. The zero-order valence-electron chi connectivity index (χ0n) is 8.09. The molecular weight excluding hydrogens is 164 g/mol. The Hall–Kier alpha value is 0.350. The average molecular weight is 184 g/mol. The second-order valence-corrected chi connectivity index (χ2v) is 5.66. The fraction of sp³-hybridized carbons (Fsp3) is 1.00. The molecule has 3 unspecified atom stereocenters. The minimum absolute atomic E-state index is 1.05. The summed E-state index contributed by atoms with van der Waals surface area (Å²) in [6.07, 6.45) is 9.01. The van der Waals surface area contributed by atoms with Crippen LogP contribution in [0.2, 0.25) is 0 Å². The van der Waals surface area contributed by atoms with E-state index < -0.39 is 0 Å². The van der Waals surface area contributed by atoms with Gasteiger partial charge in [0.1, 0.15) is 0 Å². The van der Waals surface area contributed by atoms with E-state index >= 15 is 0 Å². The first-order valence-corrected chi connectivity index (χ1v) is 6.58. The van der Waals surface area contributed by atoms with Gasteiger partial charge < -0.3 is 0 Å². The van der Waals surface area contributed by atoms with Crippen molar-refractivity contribution in [3.05, 3.63) is 0 Å². The highest BCUT2D eigenvalue weighted by Crippen LogP contribution is 2.44. The lowest BCUT2D eigenvalue weighted by Crippen LogP contribution is -2.33. The first-order chi connectivity index (χ1) is 5.92. The normalized spacial score (nSPS) is 42.2. The zero-order valence-corrected chi connectivity index (χ0v) is 8.91. The van der Waals surface area contributed by atoms with Crippen LogP contribution >= 0.6 is 11.8 Å². The fourth-order valence-electron chi connectivity index (χ4n) is 2.96. The minimum Gasteiger partial charge on any atom is -0.158 e. The largest absolute Gasteiger partial charge is 0.158 e. The van der Waals surface area contributed by atoms with Gasteiger partial charge in [0.05, 0.1) is 0 Å². The molecule has 1 saturated carbocycles. The molecule has 2 rings (SSSR count). The Bertz CT molecular complexity index is 135. The van der Waals surface area contributed by atoms with E-state index in [2.05, 4.69) is 18.7 Å². The number of thioether (sulfide) groups is 1. The second kappa shape index (κ2) is 4.04. The van der Waals surface area contributed by atoms with Crippen LogP contribution in [0.15, 0.2) is 0 Å². The standard InChI is InChI=1S/C11H20S/c1-2-9-7-8-12-11-6-4-3-5-10(9)11/h9-11H,2-8H2,1H3. The van der Waals surface area contributed by atoms with E-state index in [0.29, 0.717) is 0 Å². The van der Waals surface area contributed by atoms with Gasteiger partial charge in [-0.05, 0) is 36.9 Å². The van der Waals surface area contributed by atoms with E-state index in [1.165, 1.54) is 44.3 Å². The van der Waals surface area contributed by atoms with Gasteiger partial charge in [-0.1, -0.05) is 26.2 Å². The second-order valence-electron chi connectivity index (χ2n) is 4.31. The smallest absolute Gasteiger partial charge is 0.00779 e. The first kappa shape index (κ1) is 8.93. The monoisotopic (exact) mass is 184 g/mol. The molecule has 1 aliphatic carbocycles. The summed E-state index contributed by atoms with van der Waals surface area (Å²) >= 11 is 2.27. The van der Waals surface area contributed by atoms with Gasteiger partial charge in [0, 0.05) is 5.25 Å². The zero-order chi connectivity index (χ0) is 8.39. The fourth-order valence-corrected chi connectivity index (χ4v) is 4.64. The van der Waals surface area contributed by atoms with Crippen LogP contribution in [0.3, 0.4) is 0 Å². The molecule has 2 fully saturated rings. The maximum Gasteiger partial charge on any atom is 0.00779 e. The number of rotatable bonds is 1. The third-order valence-electron chi connectivity index (χ3n) is 3.70. The average Bonchev–Trinajstić information content (AvgIpc) is 2.17. The predicted molar refractivity (Wildman–Crippen MR) is 56.6 cm³/mol. The summed E-state index contributed by atoms with van der Waals surface area (Å²) in [5.74, 6) is 3.62. The topological polar surface area (TPSA) is 0 Å². The molecule has 0 aromatic carbocycles. The van der Waals surface area contributed by atoms with E-state index in [1.54, 1.807) is 0 Å². The molecule has 0 aromatic heterocycles. The molecule has 0 aromatic rings. The van der Waals surface area contributed by atoms with Crippen LogP contribution in [0, 0.1) is 11.8 Å². The molecule has 12 heavy (non-hydrogen) atoms. The Morgan fingerprint density at radius 2 is 2.00 bits per heavy atom. The summed E-state index contributed by atoms with van der Waals surface area (Å²) in [5, 5.41) is 1.05. The molecule has 70 valence electrons. The Labute approximate surface area is 80.5 Å². The third-order valence-corrected chi connectivity index (χ3v) is 5.19. The van der Waals surface area contributed by atoms with Gasteiger partial charge in [-0.25, -0.2) is 0 Å². The van der Waals surface area contributed by atoms with Crippen molar-refractivity contribution < 1.29 is 0 Å². The number of fused-ring (bicyclic) bond motifs is 1. The number of hydrogen-bond acceptors (Lipinski definition) is 1. The highest BCUT2D eigenvalue weighted by atomic mass is 32.2. The van der Waals surface area contributed by atoms with E-state index in [-0.39, 0.29) is 0 Å². The van der Waals surface area contributed by atoms with E-state index in [4.69, 9.17) is 0 Å². The lowest BCUT2D eigenvalue weighted by atomic mass is 9.77. The third kappa shape index (κ3) is 1.66. The van der Waals surface area contributed by atoms with Gasteiger partial charge in [-0.2, -0.15) is 11.8 Å². The molecule has 0 nitrogen and oxygen atoms in total. The summed E-state index contributed by atoms with van der Waals surface area (Å²) in [7, 11) is 0. The van der Waals surface area contributed by atoms with Gasteiger partial charge in [-0.3, -0.25) is 0 Å². The van der Waals surface area contributed by atoms with Crippen molar-refractivity contribution in [2.75, 3.05) is 5.75 Å². The van der Waals surface area contributed by atoms with Gasteiger partial charge >= 0.3 is 0 Å². The summed E-state index contributed by atoms with van der Waals surface area (Å²) in [6.45, 7) is 2.38. The van der Waals surface area contributed by atoms with Gasteiger partial charge in [0.15, 0.2) is 0 Å². The van der Waals surface area contributed by atoms with Crippen LogP contribution in [-0.4, -0.2) is 11.0 Å². The lowest BCUT2D eigenvalue weighted by molar-refractivity contribution is 0.237. The lowest BCUT2D eigenvalue weighted by Gasteiger charge is -2.40. The van der Waals surface area contributed by atoms with Crippen molar-refractivity contribution in [2.45, 2.75) is 50.7 Å². The minimum atomic E-state index is 1.05. The maximum atomic E-state index is 2.38. The number of hydrogen-bond donors (Lipinski definition) is 0. The molecule has 0 spiro atoms. The van der Waals surface area contributed by atoms with Crippen molar-refractivity contribution in [1.82, 2.24) is 0 Å². The molecule has 0 amide bonds. The van der Waals surface area contributed by atoms with Crippen LogP contribution in [0.1, 0.15) is 45.4 Å². The van der Waals surface area contributed by atoms with Crippen molar-refractivity contribution in [1.29, 1.82) is 0 Å². The SMILES string of the molecule is CCC1CCSC2CCCCC12. The summed E-state index contributed by atoms with van der Waals surface area (Å²) in [5.41, 5.74) is 0. The van der Waals surface area contributed by atoms with Crippen molar-refractivity contribution >= 4 is 11.8 Å². The molecule has 2 aliphatic rings. The van der Waals surface area contributed by atoms with Crippen LogP contribution in [0.4, 0.5) is 0 Å². The molecular formula is C11H20S. The first-order valence-electron chi connectivity index (χ1n) is 5.53. The van der Waals surface area contributed by atoms with Crippen LogP contribution < -0.4 is 0 Å². The Kier molecular flexibility index (Phi) is 3.00. The van der Waals surface area contributed by atoms with E-state index in [9.17, 15) is 0 Å². The Morgan fingerprint density at radius 1 is 1.17 bits per heavy atom. The van der Waals surface area contributed by atoms with E-state index in [1.807, 2.05) is 0 Å². The molecule has 0 N–H and O–H groups in total. The van der Waals surface area contributed by atoms with Crippen molar-refractivity contribution in [3.8, 4) is 0 Å². The summed E-state index contributed by atoms with van der Waals surface area (Å²) in [4.78, 5) is 0. The molecule has 1 heteroatoms. The van der Waals surface area contributed by atoms with Gasteiger partial charge in [-0.15, -0.1) is 0 Å². The molecule has 1 aliphatic heterocycles. The van der Waals surface area contributed by atoms with E-state index in [0.717, 1.165) is 17.1 Å². The molecule has 1 heterocycles. The van der Waals surface area contributed by atoms with Gasteiger partial charge in [0.25, 0.3) is 0 Å². The highest BCUT2D eigenvalue weighted by molar-refractivity contribution is 7.99. The molecule has 0 radical (unpaired) electrons. The quantitative estimate of drug-likeness (QED) is 0.598.